The maximum absolute atomic E-state index is 5.57. The zero-order chi connectivity index (χ0) is 11.8. The molecule has 0 fully saturated rings. The topological polar surface area (TPSA) is 35.2 Å². The average Bonchev–Trinajstić information content (AvgIpc) is 2.33. The fourth-order valence-electron chi connectivity index (χ4n) is 1.87. The number of rotatable bonds is 7. The van der Waals surface area contributed by atoms with Crippen molar-refractivity contribution in [1.82, 2.24) is 0 Å². The number of nitrogens with two attached hydrogens (primary N) is 1. The highest BCUT2D eigenvalue weighted by Gasteiger charge is 2.06. The Labute approximate surface area is 98.8 Å². The van der Waals surface area contributed by atoms with Crippen LogP contribution in [0.1, 0.15) is 44.6 Å². The molecule has 2 nitrogen and oxygen atoms in total. The molecule has 0 aliphatic heterocycles. The summed E-state index contributed by atoms with van der Waals surface area (Å²) in [5, 5.41) is 0. The molecule has 0 atom stereocenters. The van der Waals surface area contributed by atoms with Crippen molar-refractivity contribution in [3.05, 3.63) is 29.8 Å². The van der Waals surface area contributed by atoms with E-state index < -0.39 is 0 Å². The third kappa shape index (κ3) is 3.86. The molecule has 1 aromatic carbocycles. The summed E-state index contributed by atoms with van der Waals surface area (Å²) in [4.78, 5) is 0. The van der Waals surface area contributed by atoms with Crippen LogP contribution in [-0.2, 0) is 0 Å². The largest absolute Gasteiger partial charge is 0.494 e. The Bertz CT molecular complexity index is 277. The summed E-state index contributed by atoms with van der Waals surface area (Å²) in [7, 11) is 0. The van der Waals surface area contributed by atoms with E-state index >= 15 is 0 Å². The zero-order valence-electron chi connectivity index (χ0n) is 10.4. The summed E-state index contributed by atoms with van der Waals surface area (Å²) in [5.41, 5.74) is 6.83. The van der Waals surface area contributed by atoms with Crippen LogP contribution < -0.4 is 10.5 Å². The summed E-state index contributed by atoms with van der Waals surface area (Å²) in [6.07, 6.45) is 3.31. The van der Waals surface area contributed by atoms with Crippen molar-refractivity contribution in [3.63, 3.8) is 0 Å². The molecule has 0 aliphatic rings. The Morgan fingerprint density at radius 2 is 1.75 bits per heavy atom. The van der Waals surface area contributed by atoms with Gasteiger partial charge in [-0.05, 0) is 49.4 Å². The van der Waals surface area contributed by atoms with Gasteiger partial charge in [0.15, 0.2) is 0 Å². The van der Waals surface area contributed by atoms with E-state index in [9.17, 15) is 0 Å². The minimum Gasteiger partial charge on any atom is -0.494 e. The van der Waals surface area contributed by atoms with E-state index in [2.05, 4.69) is 38.1 Å². The lowest BCUT2D eigenvalue weighted by atomic mass is 9.94. The maximum Gasteiger partial charge on any atom is 0.119 e. The number of ether oxygens (including phenoxy) is 1. The van der Waals surface area contributed by atoms with Crippen LogP contribution in [0.5, 0.6) is 5.75 Å². The van der Waals surface area contributed by atoms with Crippen LogP contribution in [-0.4, -0.2) is 13.2 Å². The molecule has 0 unspecified atom stereocenters. The van der Waals surface area contributed by atoms with Gasteiger partial charge in [-0.15, -0.1) is 0 Å². The van der Waals surface area contributed by atoms with Crippen LogP contribution in [0.25, 0.3) is 0 Å². The maximum atomic E-state index is 5.57. The first-order valence-electron chi connectivity index (χ1n) is 6.24. The first-order valence-corrected chi connectivity index (χ1v) is 6.24. The monoisotopic (exact) mass is 221 g/mol. The molecule has 0 amide bonds. The highest BCUT2D eigenvalue weighted by atomic mass is 16.5. The van der Waals surface area contributed by atoms with Gasteiger partial charge in [0.1, 0.15) is 5.75 Å². The highest BCUT2D eigenvalue weighted by Crippen LogP contribution is 2.24. The minimum absolute atomic E-state index is 0.679. The molecular formula is C14H23NO. The molecular weight excluding hydrogens is 198 g/mol. The fraction of sp³-hybridized carbons (Fsp3) is 0.571. The zero-order valence-corrected chi connectivity index (χ0v) is 10.4. The Balaban J connectivity index is 2.53. The quantitative estimate of drug-likeness (QED) is 0.717. The van der Waals surface area contributed by atoms with Crippen molar-refractivity contribution in [2.75, 3.05) is 13.2 Å². The van der Waals surface area contributed by atoms with Crippen LogP contribution in [0.2, 0.25) is 0 Å². The van der Waals surface area contributed by atoms with Gasteiger partial charge in [0.05, 0.1) is 6.61 Å². The van der Waals surface area contributed by atoms with Crippen molar-refractivity contribution in [1.29, 1.82) is 0 Å². The predicted molar refractivity (Wildman–Crippen MR) is 68.9 cm³/mol. The van der Waals surface area contributed by atoms with E-state index in [1.807, 2.05) is 0 Å². The molecule has 1 aromatic rings. The van der Waals surface area contributed by atoms with Crippen LogP contribution >= 0.6 is 0 Å². The van der Waals surface area contributed by atoms with Gasteiger partial charge in [-0.25, -0.2) is 0 Å². The van der Waals surface area contributed by atoms with Crippen LogP contribution in [0, 0.1) is 0 Å². The third-order valence-corrected chi connectivity index (χ3v) is 2.95. The summed E-state index contributed by atoms with van der Waals surface area (Å²) < 4.78 is 5.57. The number of benzene rings is 1. The van der Waals surface area contributed by atoms with Gasteiger partial charge in [0.25, 0.3) is 0 Å². The lowest BCUT2D eigenvalue weighted by Crippen LogP contribution is -2.06. The average molecular weight is 221 g/mol. The molecule has 0 saturated carbocycles. The van der Waals surface area contributed by atoms with E-state index in [0.29, 0.717) is 19.1 Å². The van der Waals surface area contributed by atoms with Gasteiger partial charge in [-0.2, -0.15) is 0 Å². The minimum atomic E-state index is 0.679. The molecule has 0 heterocycles. The van der Waals surface area contributed by atoms with E-state index in [1.54, 1.807) is 0 Å². The van der Waals surface area contributed by atoms with E-state index in [-0.39, 0.29) is 0 Å². The summed E-state index contributed by atoms with van der Waals surface area (Å²) >= 11 is 0. The van der Waals surface area contributed by atoms with Gasteiger partial charge in [-0.1, -0.05) is 26.0 Å². The SMILES string of the molecule is CCC(CC)c1ccc(OCCCN)cc1. The van der Waals surface area contributed by atoms with Gasteiger partial charge in [0.2, 0.25) is 0 Å². The molecule has 0 radical (unpaired) electrons. The molecule has 0 bridgehead atoms. The van der Waals surface area contributed by atoms with Gasteiger partial charge < -0.3 is 10.5 Å². The summed E-state index contributed by atoms with van der Waals surface area (Å²) in [6.45, 7) is 5.87. The second-order valence-corrected chi connectivity index (χ2v) is 4.07. The fourth-order valence-corrected chi connectivity index (χ4v) is 1.87. The van der Waals surface area contributed by atoms with E-state index in [4.69, 9.17) is 10.5 Å². The molecule has 0 aromatic heterocycles. The lowest BCUT2D eigenvalue weighted by molar-refractivity contribution is 0.313. The van der Waals surface area contributed by atoms with Gasteiger partial charge in [-0.3, -0.25) is 0 Å². The Morgan fingerprint density at radius 1 is 1.12 bits per heavy atom. The second-order valence-electron chi connectivity index (χ2n) is 4.07. The first-order chi connectivity index (χ1) is 7.81. The standard InChI is InChI=1S/C14H23NO/c1-3-12(4-2)13-6-8-14(9-7-13)16-11-5-10-15/h6-9,12H,3-5,10-11,15H2,1-2H3. The van der Waals surface area contributed by atoms with Gasteiger partial charge in [0, 0.05) is 0 Å². The van der Waals surface area contributed by atoms with Crippen LogP contribution in [0.4, 0.5) is 0 Å². The molecule has 16 heavy (non-hydrogen) atoms. The highest BCUT2D eigenvalue weighted by molar-refractivity contribution is 5.29. The molecule has 2 N–H and O–H groups in total. The van der Waals surface area contributed by atoms with E-state index in [0.717, 1.165) is 12.2 Å². The second kappa shape index (κ2) is 7.29. The molecule has 1 rings (SSSR count). The van der Waals surface area contributed by atoms with Crippen molar-refractivity contribution < 1.29 is 4.74 Å². The number of hydrogen-bond acceptors (Lipinski definition) is 2. The Hall–Kier alpha value is -1.02. The lowest BCUT2D eigenvalue weighted by Gasteiger charge is -2.13. The summed E-state index contributed by atoms with van der Waals surface area (Å²) in [5.74, 6) is 1.63. The molecule has 0 saturated heterocycles. The molecule has 0 aliphatic carbocycles. The van der Waals surface area contributed by atoms with Crippen LogP contribution in [0.15, 0.2) is 24.3 Å². The van der Waals surface area contributed by atoms with Crippen molar-refractivity contribution in [2.24, 2.45) is 5.73 Å². The molecule has 2 heteroatoms. The van der Waals surface area contributed by atoms with Crippen molar-refractivity contribution >= 4 is 0 Å². The predicted octanol–water partition coefficient (Wildman–Crippen LogP) is 3.32. The van der Waals surface area contributed by atoms with Crippen molar-refractivity contribution in [2.45, 2.75) is 39.0 Å². The van der Waals surface area contributed by atoms with Gasteiger partial charge >= 0.3 is 0 Å². The number of hydrogen-bond donors (Lipinski definition) is 1. The summed E-state index contributed by atoms with van der Waals surface area (Å²) in [6, 6.07) is 8.47. The Kier molecular flexibility index (Phi) is 5.94. The van der Waals surface area contributed by atoms with Crippen molar-refractivity contribution in [3.8, 4) is 5.75 Å². The molecule has 0 spiro atoms. The smallest absolute Gasteiger partial charge is 0.119 e. The third-order valence-electron chi connectivity index (χ3n) is 2.95. The first kappa shape index (κ1) is 13.0. The Morgan fingerprint density at radius 3 is 2.25 bits per heavy atom. The molecule has 90 valence electrons. The normalized spacial score (nSPS) is 10.8. The van der Waals surface area contributed by atoms with E-state index in [1.165, 1.54) is 18.4 Å². The van der Waals surface area contributed by atoms with Crippen LogP contribution in [0.3, 0.4) is 0 Å².